The van der Waals surface area contributed by atoms with Gasteiger partial charge in [0.15, 0.2) is 0 Å². The molecule has 0 radical (unpaired) electrons. The molecule has 1 rings (SSSR count). The second-order valence-corrected chi connectivity index (χ2v) is 4.54. The van der Waals surface area contributed by atoms with Crippen LogP contribution < -0.4 is 11.1 Å². The number of hydrogen-bond donors (Lipinski definition) is 2. The molecule has 0 heterocycles. The molecule has 7 heteroatoms. The van der Waals surface area contributed by atoms with Crippen LogP contribution >= 0.6 is 11.8 Å². The molecule has 0 saturated heterocycles. The number of halogens is 3. The highest BCUT2D eigenvalue weighted by molar-refractivity contribution is 8.00. The van der Waals surface area contributed by atoms with Gasteiger partial charge in [-0.15, -0.1) is 18.2 Å². The van der Waals surface area contributed by atoms with E-state index in [9.17, 15) is 18.0 Å². The molecule has 0 spiro atoms. The maximum atomic E-state index is 12.4. The van der Waals surface area contributed by atoms with Gasteiger partial charge in [0, 0.05) is 10.6 Å². The Balaban J connectivity index is 2.66. The number of terminal acetylenes is 1. The smallest absolute Gasteiger partial charge is 0.398 e. The first kappa shape index (κ1) is 15.2. The molecular weight excluding hydrogens is 277 g/mol. The molecule has 0 aromatic heterocycles. The van der Waals surface area contributed by atoms with Crippen molar-refractivity contribution >= 4 is 23.4 Å². The first-order valence-corrected chi connectivity index (χ1v) is 6.13. The number of anilines is 1. The summed E-state index contributed by atoms with van der Waals surface area (Å²) in [6.45, 7) is 0.113. The van der Waals surface area contributed by atoms with Crippen LogP contribution in [0.15, 0.2) is 23.1 Å². The number of carbonyl (C=O) groups excluding carboxylic acids is 1. The standard InChI is InChI=1S/C12H11F3N2OS/c1-2-5-17-11(18)7-19-10-4-3-8(6-9(10)16)12(13,14)15/h1,3-4,6H,5,7,16H2,(H,17,18). The summed E-state index contributed by atoms with van der Waals surface area (Å²) in [4.78, 5) is 11.7. The van der Waals surface area contributed by atoms with Crippen LogP contribution in [0.25, 0.3) is 0 Å². The molecule has 19 heavy (non-hydrogen) atoms. The van der Waals surface area contributed by atoms with E-state index < -0.39 is 11.7 Å². The van der Waals surface area contributed by atoms with E-state index in [1.807, 2.05) is 0 Å². The third-order valence-electron chi connectivity index (χ3n) is 2.08. The van der Waals surface area contributed by atoms with Gasteiger partial charge >= 0.3 is 6.18 Å². The SMILES string of the molecule is C#CCNC(=O)CSc1ccc(C(F)(F)F)cc1N. The highest BCUT2D eigenvalue weighted by Gasteiger charge is 2.30. The summed E-state index contributed by atoms with van der Waals surface area (Å²) in [7, 11) is 0. The largest absolute Gasteiger partial charge is 0.416 e. The van der Waals surface area contributed by atoms with Crippen LogP contribution in [0.3, 0.4) is 0 Å². The van der Waals surface area contributed by atoms with Gasteiger partial charge in [-0.2, -0.15) is 13.2 Å². The Hall–Kier alpha value is -1.81. The Labute approximate surface area is 112 Å². The summed E-state index contributed by atoms with van der Waals surface area (Å²) in [5.74, 6) is 1.98. The minimum atomic E-state index is -4.43. The molecule has 1 aromatic carbocycles. The predicted octanol–water partition coefficient (Wildman–Crippen LogP) is 2.13. The number of thioether (sulfide) groups is 1. The number of nitrogens with two attached hydrogens (primary N) is 1. The second-order valence-electron chi connectivity index (χ2n) is 3.52. The minimum absolute atomic E-state index is 0.00965. The van der Waals surface area contributed by atoms with E-state index in [0.29, 0.717) is 4.90 Å². The van der Waals surface area contributed by atoms with Gasteiger partial charge in [-0.05, 0) is 18.2 Å². The van der Waals surface area contributed by atoms with Crippen molar-refractivity contribution in [2.45, 2.75) is 11.1 Å². The molecule has 0 unspecified atom stereocenters. The van der Waals surface area contributed by atoms with E-state index in [0.717, 1.165) is 23.9 Å². The highest BCUT2D eigenvalue weighted by atomic mass is 32.2. The molecule has 0 fully saturated rings. The first-order chi connectivity index (χ1) is 8.84. The quantitative estimate of drug-likeness (QED) is 0.507. The number of rotatable bonds is 4. The van der Waals surface area contributed by atoms with Crippen LogP contribution in [0, 0.1) is 12.3 Å². The van der Waals surface area contributed by atoms with Crippen molar-refractivity contribution in [1.82, 2.24) is 5.32 Å². The van der Waals surface area contributed by atoms with Gasteiger partial charge in [0.05, 0.1) is 17.9 Å². The van der Waals surface area contributed by atoms with Crippen molar-refractivity contribution in [3.63, 3.8) is 0 Å². The fraction of sp³-hybridized carbons (Fsp3) is 0.250. The van der Waals surface area contributed by atoms with Crippen molar-refractivity contribution in [2.24, 2.45) is 0 Å². The minimum Gasteiger partial charge on any atom is -0.398 e. The van der Waals surface area contributed by atoms with E-state index in [2.05, 4.69) is 11.2 Å². The number of nitrogen functional groups attached to an aromatic ring is 1. The Morgan fingerprint density at radius 2 is 2.16 bits per heavy atom. The summed E-state index contributed by atoms with van der Waals surface area (Å²) >= 11 is 1.05. The van der Waals surface area contributed by atoms with Crippen molar-refractivity contribution < 1.29 is 18.0 Å². The van der Waals surface area contributed by atoms with E-state index >= 15 is 0 Å². The normalized spacial score (nSPS) is 10.8. The van der Waals surface area contributed by atoms with E-state index in [4.69, 9.17) is 12.2 Å². The fourth-order valence-electron chi connectivity index (χ4n) is 1.20. The molecule has 0 atom stereocenters. The number of nitrogens with one attached hydrogen (secondary N) is 1. The van der Waals surface area contributed by atoms with Gasteiger partial charge in [-0.25, -0.2) is 0 Å². The second kappa shape index (κ2) is 6.38. The zero-order valence-electron chi connectivity index (χ0n) is 9.75. The molecule has 1 aromatic rings. The van der Waals surface area contributed by atoms with E-state index in [-0.39, 0.29) is 23.9 Å². The van der Waals surface area contributed by atoms with Crippen LogP contribution in [0.2, 0.25) is 0 Å². The molecule has 0 aliphatic heterocycles. The Morgan fingerprint density at radius 3 is 2.68 bits per heavy atom. The Morgan fingerprint density at radius 1 is 1.47 bits per heavy atom. The Bertz CT molecular complexity index is 509. The molecule has 0 aliphatic carbocycles. The molecule has 3 nitrogen and oxygen atoms in total. The molecule has 3 N–H and O–H groups in total. The average Bonchev–Trinajstić information content (AvgIpc) is 2.33. The van der Waals surface area contributed by atoms with Crippen LogP contribution in [0.5, 0.6) is 0 Å². The maximum Gasteiger partial charge on any atom is 0.416 e. The van der Waals surface area contributed by atoms with Crippen molar-refractivity contribution in [1.29, 1.82) is 0 Å². The van der Waals surface area contributed by atoms with E-state index in [1.54, 1.807) is 0 Å². The lowest BCUT2D eigenvalue weighted by atomic mass is 10.2. The summed E-state index contributed by atoms with van der Waals surface area (Å²) in [6, 6.07) is 3.02. The zero-order valence-corrected chi connectivity index (χ0v) is 10.6. The van der Waals surface area contributed by atoms with Gasteiger partial charge < -0.3 is 11.1 Å². The van der Waals surface area contributed by atoms with Crippen LogP contribution in [0.1, 0.15) is 5.56 Å². The number of hydrogen-bond acceptors (Lipinski definition) is 3. The first-order valence-electron chi connectivity index (χ1n) is 5.14. The fourth-order valence-corrected chi connectivity index (χ4v) is 1.98. The predicted molar refractivity (Wildman–Crippen MR) is 68.4 cm³/mol. The van der Waals surface area contributed by atoms with Crippen molar-refractivity contribution in [3.8, 4) is 12.3 Å². The van der Waals surface area contributed by atoms with Gasteiger partial charge in [-0.1, -0.05) is 5.92 Å². The van der Waals surface area contributed by atoms with Crippen LogP contribution in [-0.2, 0) is 11.0 Å². The monoisotopic (exact) mass is 288 g/mol. The summed E-state index contributed by atoms with van der Waals surface area (Å²) in [6.07, 6.45) is 0.538. The van der Waals surface area contributed by atoms with Crippen LogP contribution in [0.4, 0.5) is 18.9 Å². The number of amides is 1. The zero-order chi connectivity index (χ0) is 14.5. The summed E-state index contributed by atoms with van der Waals surface area (Å²) < 4.78 is 37.2. The van der Waals surface area contributed by atoms with Gasteiger partial charge in [0.2, 0.25) is 5.91 Å². The number of benzene rings is 1. The molecular formula is C12H11F3N2OS. The van der Waals surface area contributed by atoms with Crippen molar-refractivity contribution in [2.75, 3.05) is 18.0 Å². The average molecular weight is 288 g/mol. The topological polar surface area (TPSA) is 55.1 Å². The third kappa shape index (κ3) is 4.75. The summed E-state index contributed by atoms with van der Waals surface area (Å²) in [5, 5.41) is 2.44. The van der Waals surface area contributed by atoms with E-state index in [1.165, 1.54) is 6.07 Å². The molecule has 102 valence electrons. The molecule has 0 bridgehead atoms. The van der Waals surface area contributed by atoms with Crippen LogP contribution in [-0.4, -0.2) is 18.2 Å². The highest BCUT2D eigenvalue weighted by Crippen LogP contribution is 2.34. The van der Waals surface area contributed by atoms with Crippen molar-refractivity contribution in [3.05, 3.63) is 23.8 Å². The van der Waals surface area contributed by atoms with Gasteiger partial charge in [0.1, 0.15) is 0 Å². The molecule has 0 saturated carbocycles. The Kier molecular flexibility index (Phi) is 5.12. The lowest BCUT2D eigenvalue weighted by Gasteiger charge is -2.10. The maximum absolute atomic E-state index is 12.4. The lowest BCUT2D eigenvalue weighted by Crippen LogP contribution is -2.25. The van der Waals surface area contributed by atoms with Gasteiger partial charge in [-0.3, -0.25) is 4.79 Å². The number of carbonyl (C=O) groups is 1. The van der Waals surface area contributed by atoms with Gasteiger partial charge in [0.25, 0.3) is 0 Å². The molecule has 1 amide bonds. The summed E-state index contributed by atoms with van der Waals surface area (Å²) in [5.41, 5.74) is 4.70. The lowest BCUT2D eigenvalue weighted by molar-refractivity contribution is -0.137. The third-order valence-corrected chi connectivity index (χ3v) is 3.17. The number of alkyl halides is 3. The molecule has 0 aliphatic rings.